The third-order valence-corrected chi connectivity index (χ3v) is 2.21. The summed E-state index contributed by atoms with van der Waals surface area (Å²) in [5.41, 5.74) is 0.588. The van der Waals surface area contributed by atoms with Crippen molar-refractivity contribution in [3.05, 3.63) is 53.5 Å². The molecular formula is C13H12O6. The second-order valence-electron chi connectivity index (χ2n) is 3.56. The van der Waals surface area contributed by atoms with Gasteiger partial charge in [-0.2, -0.15) is 0 Å². The Bertz CT molecular complexity index is 535. The molecule has 0 atom stereocenters. The van der Waals surface area contributed by atoms with Gasteiger partial charge < -0.3 is 19.7 Å². The van der Waals surface area contributed by atoms with Gasteiger partial charge >= 0.3 is 11.9 Å². The molecule has 1 heterocycles. The molecule has 0 radical (unpaired) electrons. The van der Waals surface area contributed by atoms with Crippen molar-refractivity contribution in [1.82, 2.24) is 0 Å². The summed E-state index contributed by atoms with van der Waals surface area (Å²) in [7, 11) is 0. The number of aryl methyl sites for hydroxylation is 1. The first-order chi connectivity index (χ1) is 8.93. The van der Waals surface area contributed by atoms with Crippen LogP contribution in [0.1, 0.15) is 26.5 Å². The summed E-state index contributed by atoms with van der Waals surface area (Å²) in [4.78, 5) is 20.5. The van der Waals surface area contributed by atoms with Crippen LogP contribution >= 0.6 is 0 Å². The van der Waals surface area contributed by atoms with E-state index in [1.54, 1.807) is 6.07 Å². The number of furan rings is 1. The first kappa shape index (κ1) is 14.3. The summed E-state index contributed by atoms with van der Waals surface area (Å²) in [6.45, 7) is 1.87. The molecule has 6 heteroatoms. The average molecular weight is 264 g/mol. The van der Waals surface area contributed by atoms with E-state index in [0.717, 1.165) is 17.9 Å². The molecule has 2 rings (SSSR count). The molecule has 3 N–H and O–H groups in total. The Morgan fingerprint density at radius 2 is 1.68 bits per heavy atom. The molecule has 0 fully saturated rings. The first-order valence-electron chi connectivity index (χ1n) is 5.22. The second kappa shape index (κ2) is 6.25. The van der Waals surface area contributed by atoms with Gasteiger partial charge in [-0.25, -0.2) is 9.59 Å². The van der Waals surface area contributed by atoms with Gasteiger partial charge in [0.2, 0.25) is 5.76 Å². The zero-order valence-corrected chi connectivity index (χ0v) is 10.0. The van der Waals surface area contributed by atoms with E-state index in [1.807, 2.05) is 25.1 Å². The molecule has 0 amide bonds. The van der Waals surface area contributed by atoms with Crippen LogP contribution in [0.4, 0.5) is 0 Å². The van der Waals surface area contributed by atoms with Crippen molar-refractivity contribution in [3.8, 4) is 5.75 Å². The van der Waals surface area contributed by atoms with Crippen LogP contribution in [0.25, 0.3) is 0 Å². The zero-order valence-electron chi connectivity index (χ0n) is 10.0. The molecular weight excluding hydrogens is 252 g/mol. The van der Waals surface area contributed by atoms with E-state index in [-0.39, 0.29) is 5.56 Å². The Balaban J connectivity index is 0.000000200. The molecule has 1 aromatic heterocycles. The van der Waals surface area contributed by atoms with Crippen LogP contribution in [0.15, 0.2) is 41.0 Å². The van der Waals surface area contributed by atoms with Gasteiger partial charge in [-0.15, -0.1) is 0 Å². The molecule has 6 nitrogen and oxygen atoms in total. The third kappa shape index (κ3) is 3.88. The van der Waals surface area contributed by atoms with Crippen molar-refractivity contribution < 1.29 is 29.3 Å². The molecule has 0 saturated carbocycles. The van der Waals surface area contributed by atoms with Gasteiger partial charge in [0, 0.05) is 0 Å². The van der Waals surface area contributed by atoms with Crippen LogP contribution in [0, 0.1) is 6.92 Å². The molecule has 0 saturated heterocycles. The SMILES string of the molecule is Cc1ccccc1O.O=C(O)c1ccoc1C(=O)O. The van der Waals surface area contributed by atoms with E-state index in [1.165, 1.54) is 0 Å². The predicted molar refractivity (Wildman–Crippen MR) is 65.5 cm³/mol. The second-order valence-corrected chi connectivity index (χ2v) is 3.56. The summed E-state index contributed by atoms with van der Waals surface area (Å²) in [5, 5.41) is 25.6. The van der Waals surface area contributed by atoms with Crippen molar-refractivity contribution in [2.75, 3.05) is 0 Å². The van der Waals surface area contributed by atoms with Gasteiger partial charge in [-0.1, -0.05) is 18.2 Å². The molecule has 0 aliphatic heterocycles. The standard InChI is InChI=1S/C7H8O.C6H4O5/c1-6-4-2-3-5-7(6)8;7-5(8)3-1-2-11-4(3)6(9)10/h2-5,8H,1H3;1-2H,(H,7,8)(H,9,10). The average Bonchev–Trinajstić information content (AvgIpc) is 2.83. The number of carbonyl (C=O) groups is 2. The summed E-state index contributed by atoms with van der Waals surface area (Å²) < 4.78 is 4.41. The topological polar surface area (TPSA) is 108 Å². The highest BCUT2D eigenvalue weighted by molar-refractivity contribution is 5.99. The molecule has 0 unspecified atom stereocenters. The lowest BCUT2D eigenvalue weighted by molar-refractivity contribution is 0.0626. The number of aromatic carboxylic acids is 2. The largest absolute Gasteiger partial charge is 0.508 e. The number of phenols is 1. The highest BCUT2D eigenvalue weighted by atomic mass is 16.4. The van der Waals surface area contributed by atoms with Gasteiger partial charge in [-0.05, 0) is 24.6 Å². The number of phenolic OH excluding ortho intramolecular Hbond substituents is 1. The van der Waals surface area contributed by atoms with Gasteiger partial charge in [-0.3, -0.25) is 0 Å². The fraction of sp³-hybridized carbons (Fsp3) is 0.0769. The number of para-hydroxylation sites is 1. The number of hydrogen-bond acceptors (Lipinski definition) is 4. The Labute approximate surface area is 108 Å². The summed E-state index contributed by atoms with van der Waals surface area (Å²) in [6.07, 6.45) is 1.02. The molecule has 1 aromatic carbocycles. The minimum Gasteiger partial charge on any atom is -0.508 e. The van der Waals surface area contributed by atoms with Crippen LogP contribution in [0.5, 0.6) is 5.75 Å². The maximum absolute atomic E-state index is 10.3. The van der Waals surface area contributed by atoms with Crippen molar-refractivity contribution in [1.29, 1.82) is 0 Å². The van der Waals surface area contributed by atoms with E-state index in [4.69, 9.17) is 15.3 Å². The highest BCUT2D eigenvalue weighted by Gasteiger charge is 2.18. The van der Waals surface area contributed by atoms with E-state index < -0.39 is 17.7 Å². The zero-order chi connectivity index (χ0) is 14.4. The quantitative estimate of drug-likeness (QED) is 0.768. The smallest absolute Gasteiger partial charge is 0.372 e. The van der Waals surface area contributed by atoms with E-state index in [2.05, 4.69) is 4.42 Å². The number of carboxylic acid groups (broad SMARTS) is 2. The van der Waals surface area contributed by atoms with E-state index in [0.29, 0.717) is 5.75 Å². The molecule has 0 bridgehead atoms. The maximum atomic E-state index is 10.3. The summed E-state index contributed by atoms with van der Waals surface area (Å²) in [6, 6.07) is 8.34. The van der Waals surface area contributed by atoms with Crippen molar-refractivity contribution in [2.45, 2.75) is 6.92 Å². The Morgan fingerprint density at radius 1 is 1.05 bits per heavy atom. The van der Waals surface area contributed by atoms with Crippen molar-refractivity contribution in [3.63, 3.8) is 0 Å². The highest BCUT2D eigenvalue weighted by Crippen LogP contribution is 2.12. The van der Waals surface area contributed by atoms with Gasteiger partial charge in [0.05, 0.1) is 6.26 Å². The van der Waals surface area contributed by atoms with Gasteiger partial charge in [0.15, 0.2) is 0 Å². The molecule has 2 aromatic rings. The first-order valence-corrected chi connectivity index (χ1v) is 5.22. The van der Waals surface area contributed by atoms with Crippen LogP contribution in [-0.2, 0) is 0 Å². The number of aromatic hydroxyl groups is 1. The molecule has 100 valence electrons. The minimum atomic E-state index is -1.38. The van der Waals surface area contributed by atoms with Crippen LogP contribution in [0.2, 0.25) is 0 Å². The number of benzene rings is 1. The van der Waals surface area contributed by atoms with Gasteiger partial charge in [0.1, 0.15) is 11.3 Å². The Morgan fingerprint density at radius 3 is 2.05 bits per heavy atom. The Hall–Kier alpha value is -2.76. The normalized spacial score (nSPS) is 9.32. The number of rotatable bonds is 2. The third-order valence-electron chi connectivity index (χ3n) is 2.21. The lowest BCUT2D eigenvalue weighted by atomic mass is 10.2. The molecule has 19 heavy (non-hydrogen) atoms. The van der Waals surface area contributed by atoms with Crippen molar-refractivity contribution in [2.24, 2.45) is 0 Å². The van der Waals surface area contributed by atoms with Crippen LogP contribution in [0.3, 0.4) is 0 Å². The fourth-order valence-electron chi connectivity index (χ4n) is 1.21. The fourth-order valence-corrected chi connectivity index (χ4v) is 1.21. The minimum absolute atomic E-state index is 0.336. The summed E-state index contributed by atoms with van der Waals surface area (Å²) >= 11 is 0. The number of hydrogen-bond donors (Lipinski definition) is 3. The molecule has 0 aliphatic rings. The molecule has 0 spiro atoms. The lowest BCUT2D eigenvalue weighted by Crippen LogP contribution is -2.03. The summed E-state index contributed by atoms with van der Waals surface area (Å²) in [5.74, 6) is -2.87. The Kier molecular flexibility index (Phi) is 4.70. The monoisotopic (exact) mass is 264 g/mol. The predicted octanol–water partition coefficient (Wildman–Crippen LogP) is 2.38. The van der Waals surface area contributed by atoms with Crippen molar-refractivity contribution >= 4 is 11.9 Å². The van der Waals surface area contributed by atoms with Crippen LogP contribution in [-0.4, -0.2) is 27.3 Å². The maximum Gasteiger partial charge on any atom is 0.372 e. The molecule has 0 aliphatic carbocycles. The number of carboxylic acids is 2. The lowest BCUT2D eigenvalue weighted by Gasteiger charge is -1.92. The van der Waals surface area contributed by atoms with E-state index >= 15 is 0 Å². The van der Waals surface area contributed by atoms with Crippen LogP contribution < -0.4 is 0 Å². The van der Waals surface area contributed by atoms with Gasteiger partial charge in [0.25, 0.3) is 0 Å². The van der Waals surface area contributed by atoms with E-state index in [9.17, 15) is 9.59 Å².